The van der Waals surface area contributed by atoms with Gasteiger partial charge in [-0.1, -0.05) is 31.4 Å². The third-order valence-corrected chi connectivity index (χ3v) is 7.40. The van der Waals surface area contributed by atoms with Crippen molar-refractivity contribution in [2.24, 2.45) is 0 Å². The summed E-state index contributed by atoms with van der Waals surface area (Å²) in [6.45, 7) is 1.36. The van der Waals surface area contributed by atoms with Crippen LogP contribution in [-0.4, -0.2) is 49.6 Å². The Morgan fingerprint density at radius 2 is 1.80 bits per heavy atom. The highest BCUT2D eigenvalue weighted by atomic mass is 16.4. The molecule has 2 aromatic heterocycles. The van der Waals surface area contributed by atoms with Gasteiger partial charge in [0.2, 0.25) is 5.91 Å². The Labute approximate surface area is 231 Å². The van der Waals surface area contributed by atoms with E-state index in [2.05, 4.69) is 15.2 Å². The molecule has 10 nitrogen and oxygen atoms in total. The summed E-state index contributed by atoms with van der Waals surface area (Å²) in [7, 11) is 0. The number of rotatable bonds is 9. The second-order valence-corrected chi connectivity index (χ2v) is 10.3. The van der Waals surface area contributed by atoms with E-state index in [0.29, 0.717) is 22.7 Å². The van der Waals surface area contributed by atoms with Gasteiger partial charge in [-0.15, -0.1) is 0 Å². The van der Waals surface area contributed by atoms with E-state index in [1.165, 1.54) is 25.5 Å². The number of carbonyl (C=O) groups is 3. The Morgan fingerprint density at radius 1 is 1.05 bits per heavy atom. The van der Waals surface area contributed by atoms with Crippen molar-refractivity contribution in [3.63, 3.8) is 0 Å². The fourth-order valence-corrected chi connectivity index (χ4v) is 5.24. The Kier molecular flexibility index (Phi) is 7.86. The predicted molar refractivity (Wildman–Crippen MR) is 148 cm³/mol. The number of furan rings is 1. The number of carbonyl (C=O) groups excluding carboxylic acids is 2. The highest BCUT2D eigenvalue weighted by Gasteiger charge is 2.27. The zero-order valence-corrected chi connectivity index (χ0v) is 22.2. The molecule has 10 heteroatoms. The van der Waals surface area contributed by atoms with Crippen LogP contribution in [0.1, 0.15) is 61.0 Å². The van der Waals surface area contributed by atoms with Gasteiger partial charge in [-0.2, -0.15) is 0 Å². The van der Waals surface area contributed by atoms with Crippen LogP contribution in [0.25, 0.3) is 22.4 Å². The number of phenols is 1. The van der Waals surface area contributed by atoms with Crippen molar-refractivity contribution in [2.75, 3.05) is 0 Å². The smallest absolute Gasteiger partial charge is 0.325 e. The maximum absolute atomic E-state index is 13.4. The lowest BCUT2D eigenvalue weighted by Crippen LogP contribution is -2.51. The number of aliphatic carboxylic acids is 1. The van der Waals surface area contributed by atoms with Crippen molar-refractivity contribution in [3.05, 3.63) is 72.2 Å². The second-order valence-electron chi connectivity index (χ2n) is 10.3. The summed E-state index contributed by atoms with van der Waals surface area (Å²) in [6.07, 6.45) is 9.03. The highest BCUT2D eigenvalue weighted by molar-refractivity contribution is 6.00. The molecule has 5 rings (SSSR count). The van der Waals surface area contributed by atoms with E-state index in [1.54, 1.807) is 36.8 Å². The Hall–Kier alpha value is -4.60. The van der Waals surface area contributed by atoms with E-state index in [9.17, 15) is 24.6 Å². The molecule has 4 aromatic rings. The summed E-state index contributed by atoms with van der Waals surface area (Å²) >= 11 is 0. The van der Waals surface area contributed by atoms with Gasteiger partial charge in [0, 0.05) is 18.0 Å². The second kappa shape index (κ2) is 11.6. The first-order chi connectivity index (χ1) is 19.3. The summed E-state index contributed by atoms with van der Waals surface area (Å²) in [5.41, 5.74) is 3.47. The zero-order valence-electron chi connectivity index (χ0n) is 22.2. The molecule has 0 saturated heterocycles. The summed E-state index contributed by atoms with van der Waals surface area (Å²) < 4.78 is 7.57. The van der Waals surface area contributed by atoms with E-state index in [4.69, 9.17) is 9.40 Å². The largest absolute Gasteiger partial charge is 0.508 e. The van der Waals surface area contributed by atoms with E-state index in [-0.39, 0.29) is 12.2 Å². The van der Waals surface area contributed by atoms with E-state index >= 15 is 0 Å². The Morgan fingerprint density at radius 3 is 2.48 bits per heavy atom. The summed E-state index contributed by atoms with van der Waals surface area (Å²) in [6, 6.07) is 11.6. The molecular weight excluding hydrogens is 512 g/mol. The molecule has 1 unspecified atom stereocenters. The van der Waals surface area contributed by atoms with Crippen molar-refractivity contribution >= 4 is 28.8 Å². The lowest BCUT2D eigenvalue weighted by molar-refractivity contribution is -0.141. The molecule has 2 heterocycles. The van der Waals surface area contributed by atoms with Gasteiger partial charge in [-0.05, 0) is 61.7 Å². The summed E-state index contributed by atoms with van der Waals surface area (Å²) in [5.74, 6) is -1.43. The van der Waals surface area contributed by atoms with E-state index in [0.717, 1.165) is 42.6 Å². The number of aromatic hydroxyl groups is 1. The molecule has 1 saturated carbocycles. The normalized spacial score (nSPS) is 15.4. The number of benzene rings is 2. The van der Waals surface area contributed by atoms with Crippen LogP contribution in [-0.2, 0) is 16.0 Å². The van der Waals surface area contributed by atoms with Crippen LogP contribution in [0, 0.1) is 0 Å². The minimum atomic E-state index is -1.18. The van der Waals surface area contributed by atoms with Crippen LogP contribution in [0.2, 0.25) is 0 Å². The molecule has 1 aliphatic carbocycles. The number of imidazole rings is 1. The first-order valence-electron chi connectivity index (χ1n) is 13.5. The molecular formula is C30H32N4O6. The maximum Gasteiger partial charge on any atom is 0.325 e. The molecule has 1 fully saturated rings. The van der Waals surface area contributed by atoms with E-state index in [1.807, 2.05) is 12.1 Å². The number of phenolic OH excluding ortho intramolecular Hbond substituents is 1. The number of nitrogens with one attached hydrogen (secondary N) is 2. The topological polar surface area (TPSA) is 147 Å². The number of nitrogens with zero attached hydrogens (tertiary/aromatic N) is 2. The Balaban J connectivity index is 1.44. The summed E-state index contributed by atoms with van der Waals surface area (Å²) in [4.78, 5) is 42.6. The number of carboxylic acids is 1. The van der Waals surface area contributed by atoms with Gasteiger partial charge in [0.25, 0.3) is 5.91 Å². The number of carboxylic acid groups (broad SMARTS) is 1. The molecule has 1 aliphatic rings. The van der Waals surface area contributed by atoms with Gasteiger partial charge in [0.05, 0.1) is 22.9 Å². The molecule has 2 aromatic carbocycles. The lowest BCUT2D eigenvalue weighted by Gasteiger charge is -2.25. The minimum Gasteiger partial charge on any atom is -0.508 e. The van der Waals surface area contributed by atoms with Crippen molar-refractivity contribution in [3.8, 4) is 17.1 Å². The van der Waals surface area contributed by atoms with Crippen molar-refractivity contribution in [2.45, 2.75) is 63.6 Å². The van der Waals surface area contributed by atoms with Crippen LogP contribution in [0.3, 0.4) is 0 Å². The van der Waals surface area contributed by atoms with Crippen LogP contribution >= 0.6 is 0 Å². The molecule has 0 spiro atoms. The van der Waals surface area contributed by atoms with Crippen molar-refractivity contribution < 1.29 is 29.0 Å². The molecule has 0 bridgehead atoms. The number of aromatic nitrogens is 2. The number of hydrogen-bond donors (Lipinski definition) is 4. The standard InChI is InChI=1S/C30H32N4O6/c1-18(30(38)39)31-29(37)25(15-19-7-10-23(35)11-8-19)33-28(36)20-9-12-26-24(16-20)32-27(21-13-14-40-17-21)34(26)22-5-3-2-4-6-22/h7-14,16-18,22,25,35H,2-6,15H2,1H3,(H,31,37)(H,33,36)(H,38,39)/t18-,25?/m0/s1. The van der Waals surface area contributed by atoms with Gasteiger partial charge in [-0.25, -0.2) is 4.98 Å². The van der Waals surface area contributed by atoms with Gasteiger partial charge >= 0.3 is 5.97 Å². The van der Waals surface area contributed by atoms with Crippen LogP contribution < -0.4 is 10.6 Å². The minimum absolute atomic E-state index is 0.0732. The first kappa shape index (κ1) is 27.0. The van der Waals surface area contributed by atoms with Gasteiger partial charge in [0.15, 0.2) is 0 Å². The molecule has 208 valence electrons. The fraction of sp³-hybridized carbons (Fsp3) is 0.333. The van der Waals surface area contributed by atoms with Crippen molar-refractivity contribution in [1.82, 2.24) is 20.2 Å². The first-order valence-corrected chi connectivity index (χ1v) is 13.5. The lowest BCUT2D eigenvalue weighted by atomic mass is 9.95. The van der Waals surface area contributed by atoms with Gasteiger partial charge < -0.3 is 29.8 Å². The molecule has 0 radical (unpaired) electrons. The van der Waals surface area contributed by atoms with Gasteiger partial charge in [0.1, 0.15) is 29.9 Å². The predicted octanol–water partition coefficient (Wildman–Crippen LogP) is 4.44. The van der Waals surface area contributed by atoms with Crippen LogP contribution in [0.4, 0.5) is 0 Å². The fourth-order valence-electron chi connectivity index (χ4n) is 5.24. The van der Waals surface area contributed by atoms with Crippen LogP contribution in [0.15, 0.2) is 65.5 Å². The number of fused-ring (bicyclic) bond motifs is 1. The third kappa shape index (κ3) is 5.85. The van der Waals surface area contributed by atoms with Gasteiger partial charge in [-0.3, -0.25) is 14.4 Å². The monoisotopic (exact) mass is 544 g/mol. The van der Waals surface area contributed by atoms with Crippen LogP contribution in [0.5, 0.6) is 5.75 Å². The molecule has 4 N–H and O–H groups in total. The quantitative estimate of drug-likeness (QED) is 0.244. The van der Waals surface area contributed by atoms with E-state index < -0.39 is 29.9 Å². The Bertz CT molecular complexity index is 1500. The van der Waals surface area contributed by atoms with Crippen molar-refractivity contribution in [1.29, 1.82) is 0 Å². The molecule has 2 amide bonds. The highest BCUT2D eigenvalue weighted by Crippen LogP contribution is 2.36. The number of hydrogen-bond acceptors (Lipinski definition) is 6. The average molecular weight is 545 g/mol. The molecule has 2 atom stereocenters. The zero-order chi connectivity index (χ0) is 28.2. The summed E-state index contributed by atoms with van der Waals surface area (Å²) in [5, 5.41) is 24.0. The molecule has 40 heavy (non-hydrogen) atoms. The maximum atomic E-state index is 13.4. The number of amides is 2. The molecule has 0 aliphatic heterocycles. The SMILES string of the molecule is C[C@H](NC(=O)C(Cc1ccc(O)cc1)NC(=O)c1ccc2c(c1)nc(-c1ccoc1)n2C1CCCCC1)C(=O)O. The average Bonchev–Trinajstić information content (AvgIpc) is 3.62. The third-order valence-electron chi connectivity index (χ3n) is 7.40.